The number of hydroxylamine groups is 2. The smallest absolute Gasteiger partial charge is 0.269 e. The molecule has 0 aromatic carbocycles. The van der Waals surface area contributed by atoms with Crippen LogP contribution in [0.15, 0.2) is 12.7 Å². The maximum absolute atomic E-state index is 10.7. The molecule has 9 heavy (non-hydrogen) atoms. The van der Waals surface area contributed by atoms with Crippen molar-refractivity contribution in [1.82, 2.24) is 5.06 Å². The lowest BCUT2D eigenvalue weighted by Gasteiger charge is -2.14. The molecule has 0 aliphatic heterocycles. The minimum Gasteiger partial charge on any atom is -0.274 e. The fourth-order valence-electron chi connectivity index (χ4n) is 0.477. The van der Waals surface area contributed by atoms with Crippen molar-refractivity contribution in [2.24, 2.45) is 0 Å². The molecule has 0 N–H and O–H groups in total. The standard InChI is InChI=1S/C6H11NO2/c1-4-6(8)7(5-2)9-3/h4H,1,5H2,2-3H3. The fourth-order valence-corrected chi connectivity index (χ4v) is 0.477. The van der Waals surface area contributed by atoms with E-state index in [9.17, 15) is 4.79 Å². The second kappa shape index (κ2) is 4.09. The van der Waals surface area contributed by atoms with Gasteiger partial charge in [0.25, 0.3) is 5.91 Å². The molecule has 0 bridgehead atoms. The summed E-state index contributed by atoms with van der Waals surface area (Å²) in [5.74, 6) is -0.208. The summed E-state index contributed by atoms with van der Waals surface area (Å²) in [7, 11) is 1.45. The van der Waals surface area contributed by atoms with Crippen LogP contribution < -0.4 is 0 Å². The van der Waals surface area contributed by atoms with Gasteiger partial charge in [-0.05, 0) is 13.0 Å². The molecule has 0 unspecified atom stereocenters. The first-order valence-corrected chi connectivity index (χ1v) is 2.74. The average Bonchev–Trinajstić information content (AvgIpc) is 1.90. The molecule has 52 valence electrons. The average molecular weight is 129 g/mol. The van der Waals surface area contributed by atoms with Crippen LogP contribution >= 0.6 is 0 Å². The van der Waals surface area contributed by atoms with Gasteiger partial charge in [-0.3, -0.25) is 9.63 Å². The van der Waals surface area contributed by atoms with Gasteiger partial charge in [-0.25, -0.2) is 5.06 Å². The maximum Gasteiger partial charge on any atom is 0.269 e. The summed E-state index contributed by atoms with van der Waals surface area (Å²) in [6.07, 6.45) is 1.22. The van der Waals surface area contributed by atoms with Crippen LogP contribution in [0.3, 0.4) is 0 Å². The molecular weight excluding hydrogens is 118 g/mol. The molecule has 0 saturated carbocycles. The molecule has 0 saturated heterocycles. The second-order valence-corrected chi connectivity index (χ2v) is 1.42. The monoisotopic (exact) mass is 129 g/mol. The Morgan fingerprint density at radius 3 is 2.56 bits per heavy atom. The summed E-state index contributed by atoms with van der Waals surface area (Å²) in [6, 6.07) is 0. The third kappa shape index (κ3) is 2.28. The van der Waals surface area contributed by atoms with Crippen LogP contribution in [0.4, 0.5) is 0 Å². The number of hydrogen-bond acceptors (Lipinski definition) is 2. The zero-order valence-electron chi connectivity index (χ0n) is 5.76. The van der Waals surface area contributed by atoms with Crippen LogP contribution in [0.1, 0.15) is 6.92 Å². The van der Waals surface area contributed by atoms with Crippen molar-refractivity contribution in [3.05, 3.63) is 12.7 Å². The molecule has 3 heteroatoms. The highest BCUT2D eigenvalue weighted by molar-refractivity contribution is 5.86. The van der Waals surface area contributed by atoms with Crippen molar-refractivity contribution >= 4 is 5.91 Å². The Morgan fingerprint density at radius 1 is 1.89 bits per heavy atom. The van der Waals surface area contributed by atoms with Gasteiger partial charge in [0.15, 0.2) is 0 Å². The lowest BCUT2D eigenvalue weighted by molar-refractivity contribution is -0.168. The van der Waals surface area contributed by atoms with E-state index in [1.54, 1.807) is 0 Å². The molecule has 1 amide bonds. The second-order valence-electron chi connectivity index (χ2n) is 1.42. The van der Waals surface area contributed by atoms with Crippen LogP contribution in [0.5, 0.6) is 0 Å². The quantitative estimate of drug-likeness (QED) is 0.412. The van der Waals surface area contributed by atoms with Crippen LogP contribution in [0, 0.1) is 0 Å². The lowest BCUT2D eigenvalue weighted by atomic mass is 10.5. The Kier molecular flexibility index (Phi) is 3.71. The first-order chi connectivity index (χ1) is 4.26. The van der Waals surface area contributed by atoms with Gasteiger partial charge in [0.1, 0.15) is 0 Å². The van der Waals surface area contributed by atoms with Crippen LogP contribution in [0.2, 0.25) is 0 Å². The summed E-state index contributed by atoms with van der Waals surface area (Å²) in [6.45, 7) is 5.67. The summed E-state index contributed by atoms with van der Waals surface area (Å²) >= 11 is 0. The Morgan fingerprint density at radius 2 is 2.44 bits per heavy atom. The molecule has 0 radical (unpaired) electrons. The molecule has 0 aromatic heterocycles. The highest BCUT2D eigenvalue weighted by Crippen LogP contribution is 1.87. The summed E-state index contributed by atoms with van der Waals surface area (Å²) in [5, 5.41) is 1.22. The van der Waals surface area contributed by atoms with Crippen molar-refractivity contribution in [2.75, 3.05) is 13.7 Å². The minimum absolute atomic E-state index is 0.208. The Bertz CT molecular complexity index is 108. The van der Waals surface area contributed by atoms with Gasteiger partial charge < -0.3 is 0 Å². The normalized spacial score (nSPS) is 8.67. The van der Waals surface area contributed by atoms with Crippen molar-refractivity contribution in [3.8, 4) is 0 Å². The minimum atomic E-state index is -0.208. The Hall–Kier alpha value is -0.830. The van der Waals surface area contributed by atoms with Gasteiger partial charge in [0.2, 0.25) is 0 Å². The molecule has 0 aliphatic carbocycles. The molecule has 0 atom stereocenters. The van der Waals surface area contributed by atoms with E-state index >= 15 is 0 Å². The largest absolute Gasteiger partial charge is 0.274 e. The number of nitrogens with zero attached hydrogens (tertiary/aromatic N) is 1. The lowest BCUT2D eigenvalue weighted by Crippen LogP contribution is -2.27. The van der Waals surface area contributed by atoms with E-state index < -0.39 is 0 Å². The summed E-state index contributed by atoms with van der Waals surface area (Å²) in [4.78, 5) is 15.3. The van der Waals surface area contributed by atoms with Crippen LogP contribution in [-0.4, -0.2) is 24.6 Å². The number of likely N-dealkylation sites (N-methyl/N-ethyl adjacent to an activating group) is 1. The van der Waals surface area contributed by atoms with E-state index in [1.807, 2.05) is 6.92 Å². The molecular formula is C6H11NO2. The third-order valence-electron chi connectivity index (χ3n) is 0.928. The van der Waals surface area contributed by atoms with E-state index in [4.69, 9.17) is 0 Å². The number of carbonyl (C=O) groups is 1. The third-order valence-corrected chi connectivity index (χ3v) is 0.928. The summed E-state index contributed by atoms with van der Waals surface area (Å²) < 4.78 is 0. The molecule has 0 aromatic rings. The van der Waals surface area contributed by atoms with E-state index in [-0.39, 0.29) is 5.91 Å². The number of hydrogen-bond donors (Lipinski definition) is 0. The van der Waals surface area contributed by atoms with Crippen molar-refractivity contribution < 1.29 is 9.63 Å². The molecule has 0 spiro atoms. The van der Waals surface area contributed by atoms with E-state index in [0.29, 0.717) is 6.54 Å². The van der Waals surface area contributed by atoms with Crippen LogP contribution in [-0.2, 0) is 9.63 Å². The van der Waals surface area contributed by atoms with E-state index in [0.717, 1.165) is 0 Å². The zero-order valence-corrected chi connectivity index (χ0v) is 5.76. The van der Waals surface area contributed by atoms with Crippen molar-refractivity contribution in [2.45, 2.75) is 6.92 Å². The number of rotatable bonds is 3. The molecule has 0 heterocycles. The molecule has 0 rings (SSSR count). The van der Waals surface area contributed by atoms with Gasteiger partial charge in [-0.2, -0.15) is 0 Å². The Labute approximate surface area is 54.9 Å². The van der Waals surface area contributed by atoms with Gasteiger partial charge in [-0.1, -0.05) is 6.58 Å². The first kappa shape index (κ1) is 8.17. The SMILES string of the molecule is C=CC(=O)N(CC)OC. The number of amides is 1. The summed E-state index contributed by atoms with van der Waals surface area (Å²) in [5.41, 5.74) is 0. The molecule has 3 nitrogen and oxygen atoms in total. The predicted molar refractivity (Wildman–Crippen MR) is 34.6 cm³/mol. The highest BCUT2D eigenvalue weighted by Gasteiger charge is 2.03. The van der Waals surface area contributed by atoms with Crippen LogP contribution in [0.25, 0.3) is 0 Å². The fraction of sp³-hybridized carbons (Fsp3) is 0.500. The van der Waals surface area contributed by atoms with Gasteiger partial charge in [0.05, 0.1) is 7.11 Å². The van der Waals surface area contributed by atoms with E-state index in [1.165, 1.54) is 18.2 Å². The Balaban J connectivity index is 3.78. The maximum atomic E-state index is 10.7. The van der Waals surface area contributed by atoms with Gasteiger partial charge >= 0.3 is 0 Å². The van der Waals surface area contributed by atoms with Gasteiger partial charge in [-0.15, -0.1) is 0 Å². The van der Waals surface area contributed by atoms with Gasteiger partial charge in [0, 0.05) is 6.54 Å². The first-order valence-electron chi connectivity index (χ1n) is 2.74. The zero-order chi connectivity index (χ0) is 7.28. The van der Waals surface area contributed by atoms with Crippen molar-refractivity contribution in [3.63, 3.8) is 0 Å². The predicted octanol–water partition coefficient (Wildman–Crippen LogP) is 0.582. The van der Waals surface area contributed by atoms with Crippen molar-refractivity contribution in [1.29, 1.82) is 0 Å². The number of carbonyl (C=O) groups excluding carboxylic acids is 1. The molecule has 0 aliphatic rings. The van der Waals surface area contributed by atoms with E-state index in [2.05, 4.69) is 11.4 Å². The topological polar surface area (TPSA) is 29.5 Å². The molecule has 0 fully saturated rings. The highest BCUT2D eigenvalue weighted by atomic mass is 16.7.